The highest BCUT2D eigenvalue weighted by molar-refractivity contribution is 5.90. The molecule has 0 aliphatic heterocycles. The molecular formula is C31H51N3O6. The molecule has 9 heteroatoms. The van der Waals surface area contributed by atoms with Crippen LogP contribution in [0.2, 0.25) is 0 Å². The van der Waals surface area contributed by atoms with Crippen LogP contribution in [0.4, 0.5) is 0 Å². The number of carbonyl (C=O) groups excluding carboxylic acids is 3. The third-order valence-electron chi connectivity index (χ3n) is 7.49. The van der Waals surface area contributed by atoms with Gasteiger partial charge in [0.25, 0.3) is 0 Å². The van der Waals surface area contributed by atoms with Crippen molar-refractivity contribution in [3.8, 4) is 0 Å². The lowest BCUT2D eigenvalue weighted by Crippen LogP contribution is -2.52. The molecule has 6 atom stereocenters. The minimum Gasteiger partial charge on any atom is -0.480 e. The number of rotatable bonds is 20. The fourth-order valence-corrected chi connectivity index (χ4v) is 4.38. The van der Waals surface area contributed by atoms with Crippen LogP contribution in [0.25, 0.3) is 0 Å². The third-order valence-corrected chi connectivity index (χ3v) is 7.49. The summed E-state index contributed by atoms with van der Waals surface area (Å²) in [4.78, 5) is 50.3. The molecule has 0 saturated heterocycles. The molecule has 1 rings (SSSR count). The second kappa shape index (κ2) is 19.2. The first-order chi connectivity index (χ1) is 19.0. The predicted octanol–water partition coefficient (Wildman–Crippen LogP) is 4.37. The Bertz CT molecular complexity index is 910. The van der Waals surface area contributed by atoms with E-state index in [9.17, 15) is 24.3 Å². The minimum absolute atomic E-state index is 0.0639. The number of benzene rings is 1. The van der Waals surface area contributed by atoms with E-state index in [-0.39, 0.29) is 24.7 Å². The second-order valence-corrected chi connectivity index (χ2v) is 11.0. The predicted molar refractivity (Wildman–Crippen MR) is 156 cm³/mol. The monoisotopic (exact) mass is 561 g/mol. The van der Waals surface area contributed by atoms with E-state index in [1.54, 1.807) is 0 Å². The lowest BCUT2D eigenvalue weighted by Gasteiger charge is -2.27. The highest BCUT2D eigenvalue weighted by Crippen LogP contribution is 2.21. The summed E-state index contributed by atoms with van der Waals surface area (Å²) < 4.78 is 5.82. The van der Waals surface area contributed by atoms with E-state index < -0.39 is 48.0 Å². The number of esters is 1. The molecule has 0 saturated carbocycles. The first kappa shape index (κ1) is 35.1. The summed E-state index contributed by atoms with van der Waals surface area (Å²) in [6.07, 6.45) is 7.65. The fraction of sp³-hybridized carbons (Fsp3) is 0.677. The first-order valence-electron chi connectivity index (χ1n) is 14.8. The number of carbonyl (C=O) groups is 4. The van der Waals surface area contributed by atoms with Gasteiger partial charge < -0.3 is 26.2 Å². The molecule has 0 bridgehead atoms. The van der Waals surface area contributed by atoms with Crippen LogP contribution in [0.15, 0.2) is 30.3 Å². The van der Waals surface area contributed by atoms with Gasteiger partial charge in [0.15, 0.2) is 0 Å². The van der Waals surface area contributed by atoms with E-state index in [1.165, 1.54) is 26.2 Å². The number of carboxylic acid groups (broad SMARTS) is 1. The van der Waals surface area contributed by atoms with Gasteiger partial charge in [-0.2, -0.15) is 0 Å². The lowest BCUT2D eigenvalue weighted by molar-refractivity contribution is -0.156. The second-order valence-electron chi connectivity index (χ2n) is 11.0. The van der Waals surface area contributed by atoms with Crippen molar-refractivity contribution in [2.75, 3.05) is 0 Å². The van der Waals surface area contributed by atoms with E-state index in [1.807, 2.05) is 51.1 Å². The zero-order valence-electron chi connectivity index (χ0n) is 25.0. The Morgan fingerprint density at radius 1 is 0.900 bits per heavy atom. The smallest absolute Gasteiger partial charge is 0.325 e. The van der Waals surface area contributed by atoms with Gasteiger partial charge in [-0.3, -0.25) is 19.2 Å². The van der Waals surface area contributed by atoms with Gasteiger partial charge in [-0.1, -0.05) is 103 Å². The van der Waals surface area contributed by atoms with Crippen molar-refractivity contribution in [3.05, 3.63) is 35.9 Å². The topological polar surface area (TPSA) is 148 Å². The molecule has 5 N–H and O–H groups in total. The molecule has 40 heavy (non-hydrogen) atoms. The Morgan fingerprint density at radius 3 is 2.12 bits per heavy atom. The van der Waals surface area contributed by atoms with E-state index in [0.29, 0.717) is 0 Å². The summed E-state index contributed by atoms with van der Waals surface area (Å²) in [5.41, 5.74) is 6.93. The normalized spacial score (nSPS) is 15.7. The number of hydrogen-bond donors (Lipinski definition) is 4. The molecule has 0 aliphatic rings. The molecule has 0 unspecified atom stereocenters. The van der Waals surface area contributed by atoms with Gasteiger partial charge in [-0.25, -0.2) is 0 Å². The Kier molecular flexibility index (Phi) is 16.8. The van der Waals surface area contributed by atoms with E-state index in [2.05, 4.69) is 17.6 Å². The molecule has 9 nitrogen and oxygen atoms in total. The van der Waals surface area contributed by atoms with E-state index in [0.717, 1.165) is 37.7 Å². The maximum atomic E-state index is 13.2. The average molecular weight is 562 g/mol. The fourth-order valence-electron chi connectivity index (χ4n) is 4.38. The van der Waals surface area contributed by atoms with Gasteiger partial charge in [0, 0.05) is 6.42 Å². The molecule has 0 fully saturated rings. The van der Waals surface area contributed by atoms with Gasteiger partial charge >= 0.3 is 11.9 Å². The van der Waals surface area contributed by atoms with E-state index in [4.69, 9.17) is 10.5 Å². The highest BCUT2D eigenvalue weighted by atomic mass is 16.5. The lowest BCUT2D eigenvalue weighted by atomic mass is 9.93. The van der Waals surface area contributed by atoms with Crippen LogP contribution in [0.5, 0.6) is 0 Å². The van der Waals surface area contributed by atoms with Gasteiger partial charge in [0.2, 0.25) is 11.8 Å². The summed E-state index contributed by atoms with van der Waals surface area (Å²) in [5, 5.41) is 14.4. The number of unbranched alkanes of at least 4 members (excludes halogenated alkanes) is 5. The number of ether oxygens (including phenoxy) is 1. The zero-order chi connectivity index (χ0) is 30.1. The summed E-state index contributed by atoms with van der Waals surface area (Å²) >= 11 is 0. The molecule has 0 spiro atoms. The number of amides is 2. The van der Waals surface area contributed by atoms with Crippen LogP contribution >= 0.6 is 0 Å². The molecular weight excluding hydrogens is 510 g/mol. The molecule has 1 aromatic rings. The van der Waals surface area contributed by atoms with Crippen molar-refractivity contribution in [2.45, 2.75) is 123 Å². The van der Waals surface area contributed by atoms with Gasteiger partial charge in [-0.15, -0.1) is 0 Å². The van der Waals surface area contributed by atoms with Crippen LogP contribution in [0.1, 0.15) is 98.0 Å². The zero-order valence-corrected chi connectivity index (χ0v) is 25.0. The van der Waals surface area contributed by atoms with Crippen LogP contribution in [0, 0.1) is 11.8 Å². The summed E-state index contributed by atoms with van der Waals surface area (Å²) in [6.45, 7) is 9.35. The average Bonchev–Trinajstić information content (AvgIpc) is 2.93. The van der Waals surface area contributed by atoms with Crippen molar-refractivity contribution in [2.24, 2.45) is 17.6 Å². The van der Waals surface area contributed by atoms with Gasteiger partial charge in [-0.05, 0) is 30.7 Å². The number of nitrogens with one attached hydrogen (secondary N) is 2. The SMILES string of the molecule is CCCCCCCC[C@H](C)[C@H](CC(=O)N[C@@H](Cc1ccccc1)C(=O)N[C@@H](C)C(=O)O)OC(=O)[C@H](N)[C@H](C)CC. The van der Waals surface area contributed by atoms with Crippen LogP contribution in [-0.2, 0) is 30.3 Å². The van der Waals surface area contributed by atoms with Gasteiger partial charge in [0.1, 0.15) is 24.2 Å². The quantitative estimate of drug-likeness (QED) is 0.136. The molecule has 0 radical (unpaired) electrons. The Hall–Kier alpha value is -2.94. The Morgan fingerprint density at radius 2 is 1.52 bits per heavy atom. The number of aliphatic carboxylic acids is 1. The largest absolute Gasteiger partial charge is 0.480 e. The van der Waals surface area contributed by atoms with E-state index >= 15 is 0 Å². The summed E-state index contributed by atoms with van der Waals surface area (Å²) in [7, 11) is 0. The van der Waals surface area contributed by atoms with Gasteiger partial charge in [0.05, 0.1) is 6.42 Å². The Labute approximate surface area is 240 Å². The molecule has 0 aliphatic carbocycles. The van der Waals surface area contributed by atoms with Crippen LogP contribution < -0.4 is 16.4 Å². The van der Waals surface area contributed by atoms with Crippen molar-refractivity contribution in [1.82, 2.24) is 10.6 Å². The van der Waals surface area contributed by atoms with Crippen LogP contribution in [-0.4, -0.2) is 53.1 Å². The molecule has 0 aromatic heterocycles. The van der Waals surface area contributed by atoms with Crippen molar-refractivity contribution in [1.29, 1.82) is 0 Å². The Balaban J connectivity index is 2.99. The third kappa shape index (κ3) is 13.4. The number of nitrogens with two attached hydrogens (primary N) is 1. The maximum Gasteiger partial charge on any atom is 0.325 e. The molecule has 2 amide bonds. The first-order valence-corrected chi connectivity index (χ1v) is 14.8. The van der Waals surface area contributed by atoms with Crippen molar-refractivity contribution < 1.29 is 29.0 Å². The standard InChI is InChI=1S/C31H51N3O6/c1-6-8-9-10-11-13-16-22(4)26(40-31(39)28(32)21(3)7-2)20-27(35)34-25(19-24-17-14-12-15-18-24)29(36)33-23(5)30(37)38/h12,14-15,17-18,21-23,25-26,28H,6-11,13,16,19-20,32H2,1-5H3,(H,33,36)(H,34,35)(H,37,38)/t21-,22+,23+,25+,26+,28-/m1/s1. The number of hydrogen-bond acceptors (Lipinski definition) is 6. The summed E-state index contributed by atoms with van der Waals surface area (Å²) in [6, 6.07) is 6.26. The van der Waals surface area contributed by atoms with Crippen molar-refractivity contribution >= 4 is 23.8 Å². The molecule has 1 aromatic carbocycles. The summed E-state index contributed by atoms with van der Waals surface area (Å²) in [5.74, 6) is -2.91. The minimum atomic E-state index is -1.17. The maximum absolute atomic E-state index is 13.2. The number of carboxylic acids is 1. The molecule has 0 heterocycles. The van der Waals surface area contributed by atoms with Crippen LogP contribution in [0.3, 0.4) is 0 Å². The molecule has 226 valence electrons. The highest BCUT2D eigenvalue weighted by Gasteiger charge is 2.31. The van der Waals surface area contributed by atoms with Crippen molar-refractivity contribution in [3.63, 3.8) is 0 Å².